The van der Waals surface area contributed by atoms with Gasteiger partial charge in [-0.1, -0.05) is 35.9 Å². The molecule has 0 amide bonds. The lowest BCUT2D eigenvalue weighted by Crippen LogP contribution is -2.09. The molecule has 0 spiro atoms. The van der Waals surface area contributed by atoms with E-state index in [1.807, 2.05) is 0 Å². The third-order valence-electron chi connectivity index (χ3n) is 2.78. The Balaban J connectivity index is 2.14. The quantitative estimate of drug-likeness (QED) is 0.943. The van der Waals surface area contributed by atoms with E-state index < -0.39 is 9.84 Å². The van der Waals surface area contributed by atoms with Crippen LogP contribution in [0.3, 0.4) is 0 Å². The second-order valence-corrected chi connectivity index (χ2v) is 6.67. The average Bonchev–Trinajstić information content (AvgIpc) is 2.39. The molecule has 0 saturated heterocycles. The van der Waals surface area contributed by atoms with Crippen molar-refractivity contribution in [2.45, 2.75) is 11.3 Å². The highest BCUT2D eigenvalue weighted by Gasteiger charge is 2.14. The topological polar surface area (TPSA) is 54.4 Å². The van der Waals surface area contributed by atoms with E-state index in [0.29, 0.717) is 21.9 Å². The smallest absolute Gasteiger partial charge is 0.178 e. The minimum Gasteiger partial charge on any atom is -0.508 e. The molecule has 0 aliphatic carbocycles. The van der Waals surface area contributed by atoms with Crippen LogP contribution in [0.25, 0.3) is 0 Å². The second kappa shape index (κ2) is 5.63. The van der Waals surface area contributed by atoms with Gasteiger partial charge < -0.3 is 5.11 Å². The summed E-state index contributed by atoms with van der Waals surface area (Å²) in [7, 11) is -3.31. The van der Waals surface area contributed by atoms with E-state index in [9.17, 15) is 13.5 Å². The molecule has 0 bridgehead atoms. The Kier molecular flexibility index (Phi) is 4.12. The maximum absolute atomic E-state index is 12.1. The number of rotatable bonds is 4. The third kappa shape index (κ3) is 3.49. The van der Waals surface area contributed by atoms with Crippen LogP contribution in [0, 0.1) is 0 Å². The summed E-state index contributed by atoms with van der Waals surface area (Å²) in [5.41, 5.74) is 0.707. The van der Waals surface area contributed by atoms with Crippen molar-refractivity contribution in [2.75, 3.05) is 5.75 Å². The number of benzene rings is 2. The molecule has 1 N–H and O–H groups in total. The number of hydrogen-bond acceptors (Lipinski definition) is 3. The van der Waals surface area contributed by atoms with Crippen molar-refractivity contribution in [3.05, 3.63) is 59.1 Å². The maximum atomic E-state index is 12.1. The number of halogens is 1. The molecule has 2 aromatic rings. The van der Waals surface area contributed by atoms with Gasteiger partial charge in [0.05, 0.1) is 10.6 Å². The highest BCUT2D eigenvalue weighted by atomic mass is 35.5. The fraction of sp³-hybridized carbons (Fsp3) is 0.143. The van der Waals surface area contributed by atoms with Gasteiger partial charge in [0.15, 0.2) is 9.84 Å². The summed E-state index contributed by atoms with van der Waals surface area (Å²) in [6.07, 6.45) is 0.316. The van der Waals surface area contributed by atoms with Gasteiger partial charge >= 0.3 is 0 Å². The van der Waals surface area contributed by atoms with Crippen LogP contribution < -0.4 is 0 Å². The minimum absolute atomic E-state index is 0.0124. The summed E-state index contributed by atoms with van der Waals surface area (Å²) in [5, 5.41) is 9.62. The molecule has 2 aromatic carbocycles. The number of sulfone groups is 1. The molecule has 0 fully saturated rings. The van der Waals surface area contributed by atoms with E-state index in [4.69, 9.17) is 11.6 Å². The van der Waals surface area contributed by atoms with Crippen molar-refractivity contribution in [1.82, 2.24) is 0 Å². The molecule has 5 heteroatoms. The van der Waals surface area contributed by atoms with E-state index in [1.165, 1.54) is 12.1 Å². The van der Waals surface area contributed by atoms with Gasteiger partial charge in [0, 0.05) is 5.02 Å². The molecule has 100 valence electrons. The molecule has 0 saturated carbocycles. The van der Waals surface area contributed by atoms with Crippen molar-refractivity contribution in [2.24, 2.45) is 0 Å². The molecule has 0 aromatic heterocycles. The number of aromatic hydroxyl groups is 1. The number of phenolic OH excluding ortho intramolecular Hbond substituents is 1. The molecule has 0 radical (unpaired) electrons. The summed E-state index contributed by atoms with van der Waals surface area (Å²) in [5.74, 6) is 0.0567. The monoisotopic (exact) mass is 296 g/mol. The van der Waals surface area contributed by atoms with Gasteiger partial charge in [-0.2, -0.15) is 0 Å². The van der Waals surface area contributed by atoms with Crippen LogP contribution in [0.4, 0.5) is 0 Å². The van der Waals surface area contributed by atoms with Gasteiger partial charge in [0.1, 0.15) is 5.75 Å². The molecule has 0 heterocycles. The largest absolute Gasteiger partial charge is 0.508 e. The normalized spacial score (nSPS) is 11.4. The Bertz CT molecular complexity index is 666. The Hall–Kier alpha value is -1.52. The van der Waals surface area contributed by atoms with Gasteiger partial charge in [-0.3, -0.25) is 0 Å². The average molecular weight is 297 g/mol. The van der Waals surface area contributed by atoms with E-state index in [-0.39, 0.29) is 11.5 Å². The number of hydrogen-bond donors (Lipinski definition) is 1. The summed E-state index contributed by atoms with van der Waals surface area (Å²) in [4.78, 5) is 0.310. The lowest BCUT2D eigenvalue weighted by molar-refractivity contribution is 0.475. The maximum Gasteiger partial charge on any atom is 0.178 e. The molecule has 0 atom stereocenters. The molecule has 19 heavy (non-hydrogen) atoms. The standard InChI is InChI=1S/C14H13ClO3S/c15-14-10-12(16)7-6-11(14)8-9-19(17,18)13-4-2-1-3-5-13/h1-7,10,16H,8-9H2. The molecule has 3 nitrogen and oxygen atoms in total. The number of phenols is 1. The molecular formula is C14H13ClO3S. The van der Waals surface area contributed by atoms with Crippen molar-refractivity contribution < 1.29 is 13.5 Å². The first-order valence-corrected chi connectivity index (χ1v) is 7.77. The Morgan fingerprint density at radius 2 is 1.74 bits per heavy atom. The van der Waals surface area contributed by atoms with Crippen LogP contribution >= 0.6 is 11.6 Å². The van der Waals surface area contributed by atoms with Gasteiger partial charge in [-0.15, -0.1) is 0 Å². The fourth-order valence-electron chi connectivity index (χ4n) is 1.73. The van der Waals surface area contributed by atoms with Crippen LogP contribution in [0.1, 0.15) is 5.56 Å². The molecule has 0 unspecified atom stereocenters. The van der Waals surface area contributed by atoms with Crippen LogP contribution in [0.2, 0.25) is 5.02 Å². The van der Waals surface area contributed by atoms with Gasteiger partial charge in [0.2, 0.25) is 0 Å². The van der Waals surface area contributed by atoms with Gasteiger partial charge in [0.25, 0.3) is 0 Å². The summed E-state index contributed by atoms with van der Waals surface area (Å²) < 4.78 is 24.2. The molecular weight excluding hydrogens is 284 g/mol. The second-order valence-electron chi connectivity index (χ2n) is 4.16. The van der Waals surface area contributed by atoms with Crippen molar-refractivity contribution in [3.8, 4) is 5.75 Å². The van der Waals surface area contributed by atoms with E-state index >= 15 is 0 Å². The van der Waals surface area contributed by atoms with E-state index in [0.717, 1.165) is 0 Å². The Labute approximate surface area is 117 Å². The van der Waals surface area contributed by atoms with Crippen LogP contribution in [-0.4, -0.2) is 19.3 Å². The third-order valence-corrected chi connectivity index (χ3v) is 4.86. The van der Waals surface area contributed by atoms with Gasteiger partial charge in [-0.05, 0) is 36.2 Å². The fourth-order valence-corrected chi connectivity index (χ4v) is 3.29. The number of aryl methyl sites for hydroxylation is 1. The first-order chi connectivity index (χ1) is 8.99. The lowest BCUT2D eigenvalue weighted by Gasteiger charge is -2.06. The van der Waals surface area contributed by atoms with Crippen molar-refractivity contribution in [1.29, 1.82) is 0 Å². The SMILES string of the molecule is O=S(=O)(CCc1ccc(O)cc1Cl)c1ccccc1. The summed E-state index contributed by atoms with van der Waals surface area (Å²) >= 11 is 5.95. The highest BCUT2D eigenvalue weighted by Crippen LogP contribution is 2.23. The Morgan fingerprint density at radius 1 is 1.05 bits per heavy atom. The zero-order valence-corrected chi connectivity index (χ0v) is 11.7. The highest BCUT2D eigenvalue weighted by molar-refractivity contribution is 7.91. The molecule has 0 aliphatic heterocycles. The van der Waals surface area contributed by atoms with Gasteiger partial charge in [-0.25, -0.2) is 8.42 Å². The van der Waals surface area contributed by atoms with E-state index in [1.54, 1.807) is 36.4 Å². The van der Waals surface area contributed by atoms with Crippen molar-refractivity contribution in [3.63, 3.8) is 0 Å². The zero-order valence-electron chi connectivity index (χ0n) is 10.1. The molecule has 2 rings (SSSR count). The predicted molar refractivity (Wildman–Crippen MR) is 75.3 cm³/mol. The first-order valence-electron chi connectivity index (χ1n) is 5.74. The van der Waals surface area contributed by atoms with Crippen LogP contribution in [0.15, 0.2) is 53.4 Å². The van der Waals surface area contributed by atoms with E-state index in [2.05, 4.69) is 0 Å². The molecule has 0 aliphatic rings. The van der Waals surface area contributed by atoms with Crippen molar-refractivity contribution >= 4 is 21.4 Å². The first kappa shape index (κ1) is 13.9. The van der Waals surface area contributed by atoms with Crippen LogP contribution in [-0.2, 0) is 16.3 Å². The lowest BCUT2D eigenvalue weighted by atomic mass is 10.2. The summed E-state index contributed by atoms with van der Waals surface area (Å²) in [6, 6.07) is 12.9. The minimum atomic E-state index is -3.31. The van der Waals surface area contributed by atoms with Crippen LogP contribution in [0.5, 0.6) is 5.75 Å². The summed E-state index contributed by atoms with van der Waals surface area (Å²) in [6.45, 7) is 0. The zero-order chi connectivity index (χ0) is 13.9. The predicted octanol–water partition coefficient (Wildman–Crippen LogP) is 3.06. The Morgan fingerprint density at radius 3 is 2.37 bits per heavy atom.